The summed E-state index contributed by atoms with van der Waals surface area (Å²) in [5.74, 6) is 1.69. The lowest BCUT2D eigenvalue weighted by atomic mass is 10.1. The van der Waals surface area contributed by atoms with E-state index in [0.717, 1.165) is 18.1 Å². The van der Waals surface area contributed by atoms with Crippen LogP contribution in [0.25, 0.3) is 0 Å². The number of halogens is 2. The third-order valence-corrected chi connectivity index (χ3v) is 4.48. The largest absolute Gasteiger partial charge is 0.352 e. The molecule has 3 aromatic rings. The molecule has 0 atom stereocenters. The highest BCUT2D eigenvalue weighted by atomic mass is 35.5. The fourth-order valence-corrected chi connectivity index (χ4v) is 3.20. The van der Waals surface area contributed by atoms with Gasteiger partial charge in [0.2, 0.25) is 0 Å². The smallest absolute Gasteiger partial charge is 0.167 e. The molecule has 0 unspecified atom stereocenters. The minimum atomic E-state index is -0.398. The molecule has 0 radical (unpaired) electrons. The van der Waals surface area contributed by atoms with Gasteiger partial charge in [0.25, 0.3) is 0 Å². The summed E-state index contributed by atoms with van der Waals surface area (Å²) in [5.41, 5.74) is 1.19. The molecule has 3 heterocycles. The molecule has 0 N–H and O–H groups in total. The monoisotopic (exact) mass is 357 g/mol. The minimum Gasteiger partial charge on any atom is -0.352 e. The van der Waals surface area contributed by atoms with Crippen LogP contribution in [-0.2, 0) is 19.4 Å². The van der Waals surface area contributed by atoms with Crippen molar-refractivity contribution in [2.75, 3.05) is 18.0 Å². The van der Waals surface area contributed by atoms with E-state index in [9.17, 15) is 4.39 Å². The summed E-state index contributed by atoms with van der Waals surface area (Å²) in [4.78, 5) is 10.7. The number of benzene rings is 1. The Labute approximate surface area is 150 Å². The third kappa shape index (κ3) is 3.49. The zero-order chi connectivity index (χ0) is 17.2. The van der Waals surface area contributed by atoms with Crippen LogP contribution >= 0.6 is 11.6 Å². The molecular formula is C18H17ClFN5. The number of pyridine rings is 1. The summed E-state index contributed by atoms with van der Waals surface area (Å²) in [7, 11) is 0. The second kappa shape index (κ2) is 6.80. The van der Waals surface area contributed by atoms with E-state index in [1.54, 1.807) is 0 Å². The van der Waals surface area contributed by atoms with Crippen molar-refractivity contribution in [1.29, 1.82) is 0 Å². The summed E-state index contributed by atoms with van der Waals surface area (Å²) in [6.07, 6.45) is 2.89. The zero-order valence-corrected chi connectivity index (χ0v) is 14.3. The first-order valence-electron chi connectivity index (χ1n) is 8.21. The number of fused-ring (bicyclic) bond motifs is 1. The van der Waals surface area contributed by atoms with Crippen molar-refractivity contribution in [3.63, 3.8) is 0 Å². The fourth-order valence-electron chi connectivity index (χ4n) is 3.06. The van der Waals surface area contributed by atoms with Crippen LogP contribution in [0, 0.1) is 5.82 Å². The molecule has 0 bridgehead atoms. The Morgan fingerprint density at radius 2 is 1.96 bits per heavy atom. The molecule has 128 valence electrons. The molecule has 5 nitrogen and oxygen atoms in total. The van der Waals surface area contributed by atoms with Crippen molar-refractivity contribution in [2.24, 2.45) is 0 Å². The summed E-state index contributed by atoms with van der Waals surface area (Å²) in [5, 5.41) is 4.92. The summed E-state index contributed by atoms with van der Waals surface area (Å²) >= 11 is 5.78. The summed E-state index contributed by atoms with van der Waals surface area (Å²) < 4.78 is 16.0. The lowest BCUT2D eigenvalue weighted by molar-refractivity contribution is 0.585. The maximum atomic E-state index is 14.1. The van der Waals surface area contributed by atoms with Crippen LogP contribution < -0.4 is 4.90 Å². The Morgan fingerprint density at radius 1 is 1.12 bits per heavy atom. The number of hydrogen-bond donors (Lipinski definition) is 0. The van der Waals surface area contributed by atoms with Crippen LogP contribution in [0.2, 0.25) is 5.02 Å². The van der Waals surface area contributed by atoms with E-state index in [1.165, 1.54) is 17.8 Å². The highest BCUT2D eigenvalue weighted by Crippen LogP contribution is 2.21. The van der Waals surface area contributed by atoms with Gasteiger partial charge in [-0.2, -0.15) is 5.10 Å². The molecule has 0 saturated carbocycles. The lowest BCUT2D eigenvalue weighted by Crippen LogP contribution is -2.28. The van der Waals surface area contributed by atoms with E-state index >= 15 is 0 Å². The third-order valence-electron chi connectivity index (χ3n) is 4.27. The molecule has 0 saturated heterocycles. The predicted octanol–water partition coefficient (Wildman–Crippen LogP) is 3.12. The molecule has 1 aliphatic heterocycles. The molecule has 2 aromatic heterocycles. The van der Waals surface area contributed by atoms with E-state index in [1.807, 2.05) is 27.8 Å². The predicted molar refractivity (Wildman–Crippen MR) is 94.4 cm³/mol. The van der Waals surface area contributed by atoms with Crippen LogP contribution in [-0.4, -0.2) is 32.8 Å². The summed E-state index contributed by atoms with van der Waals surface area (Å²) in [6.45, 7) is 1.93. The molecule has 7 heteroatoms. The van der Waals surface area contributed by atoms with Crippen LogP contribution in [0.4, 0.5) is 10.2 Å². The molecule has 1 aromatic carbocycles. The van der Waals surface area contributed by atoms with Gasteiger partial charge in [0, 0.05) is 32.1 Å². The van der Waals surface area contributed by atoms with Crippen LogP contribution in [0.1, 0.15) is 17.2 Å². The molecular weight excluding hydrogens is 341 g/mol. The fraction of sp³-hybridized carbons (Fsp3) is 0.278. The highest BCUT2D eigenvalue weighted by Gasteiger charge is 2.20. The molecule has 0 spiro atoms. The Bertz CT molecular complexity index is 855. The topological polar surface area (TPSA) is 46.8 Å². The Hall–Kier alpha value is -2.47. The average molecular weight is 358 g/mol. The van der Waals surface area contributed by atoms with Crippen molar-refractivity contribution in [2.45, 2.75) is 19.4 Å². The van der Waals surface area contributed by atoms with Gasteiger partial charge in [-0.1, -0.05) is 41.9 Å². The van der Waals surface area contributed by atoms with E-state index in [0.29, 0.717) is 36.9 Å². The number of aromatic nitrogens is 4. The van der Waals surface area contributed by atoms with Gasteiger partial charge in [0.1, 0.15) is 5.82 Å². The SMILES string of the molecule is Fc1cc(Cl)cnc1N1CCc2nc(Cc3ccccc3)nn2CC1. The van der Waals surface area contributed by atoms with E-state index < -0.39 is 5.82 Å². The van der Waals surface area contributed by atoms with E-state index in [-0.39, 0.29) is 0 Å². The minimum absolute atomic E-state index is 0.302. The Morgan fingerprint density at radius 3 is 2.76 bits per heavy atom. The van der Waals surface area contributed by atoms with Gasteiger partial charge in [-0.05, 0) is 11.6 Å². The van der Waals surface area contributed by atoms with Crippen molar-refractivity contribution in [3.05, 3.63) is 70.6 Å². The van der Waals surface area contributed by atoms with Gasteiger partial charge < -0.3 is 4.90 Å². The molecule has 0 fully saturated rings. The molecule has 0 amide bonds. The number of hydrogen-bond acceptors (Lipinski definition) is 4. The average Bonchev–Trinajstić information content (AvgIpc) is 2.88. The number of rotatable bonds is 3. The van der Waals surface area contributed by atoms with Crippen molar-refractivity contribution in [1.82, 2.24) is 19.7 Å². The molecule has 1 aliphatic rings. The first-order chi connectivity index (χ1) is 12.2. The number of anilines is 1. The van der Waals surface area contributed by atoms with Gasteiger partial charge in [-0.15, -0.1) is 0 Å². The standard InChI is InChI=1S/C18H17ClFN5/c19-14-11-15(20)18(21-12-14)24-7-6-17-22-16(23-25(17)9-8-24)10-13-4-2-1-3-5-13/h1-5,11-12H,6-10H2. The first-order valence-corrected chi connectivity index (χ1v) is 8.59. The van der Waals surface area contributed by atoms with Crippen molar-refractivity contribution < 1.29 is 4.39 Å². The Balaban J connectivity index is 1.49. The van der Waals surface area contributed by atoms with Crippen molar-refractivity contribution >= 4 is 17.4 Å². The van der Waals surface area contributed by atoms with Gasteiger partial charge in [0.15, 0.2) is 17.5 Å². The van der Waals surface area contributed by atoms with Crippen LogP contribution in [0.5, 0.6) is 0 Å². The molecule has 4 rings (SSSR count). The van der Waals surface area contributed by atoms with Crippen molar-refractivity contribution in [3.8, 4) is 0 Å². The van der Waals surface area contributed by atoms with E-state index in [4.69, 9.17) is 11.6 Å². The number of nitrogens with zero attached hydrogens (tertiary/aromatic N) is 5. The van der Waals surface area contributed by atoms with Crippen LogP contribution in [0.3, 0.4) is 0 Å². The highest BCUT2D eigenvalue weighted by molar-refractivity contribution is 6.30. The van der Waals surface area contributed by atoms with E-state index in [2.05, 4.69) is 27.2 Å². The second-order valence-electron chi connectivity index (χ2n) is 6.03. The van der Waals surface area contributed by atoms with Crippen LogP contribution in [0.15, 0.2) is 42.6 Å². The first kappa shape index (κ1) is 16.0. The second-order valence-corrected chi connectivity index (χ2v) is 6.46. The van der Waals surface area contributed by atoms with Gasteiger partial charge in [-0.25, -0.2) is 19.0 Å². The maximum Gasteiger partial charge on any atom is 0.167 e. The summed E-state index contributed by atoms with van der Waals surface area (Å²) in [6, 6.07) is 11.5. The maximum absolute atomic E-state index is 14.1. The normalized spacial score (nSPS) is 14.2. The van der Waals surface area contributed by atoms with Gasteiger partial charge in [-0.3, -0.25) is 0 Å². The quantitative estimate of drug-likeness (QED) is 0.722. The van der Waals surface area contributed by atoms with Gasteiger partial charge in [0.05, 0.1) is 11.6 Å². The van der Waals surface area contributed by atoms with Gasteiger partial charge >= 0.3 is 0 Å². The molecule has 0 aliphatic carbocycles. The molecule has 25 heavy (non-hydrogen) atoms. The lowest BCUT2D eigenvalue weighted by Gasteiger charge is -2.21. The zero-order valence-electron chi connectivity index (χ0n) is 13.6. The Kier molecular flexibility index (Phi) is 4.36.